The van der Waals surface area contributed by atoms with Crippen molar-refractivity contribution in [3.63, 3.8) is 0 Å². The molecule has 1 N–H and O–H groups in total. The molecule has 0 amide bonds. The van der Waals surface area contributed by atoms with Crippen LogP contribution in [0.1, 0.15) is 43.6 Å². The van der Waals surface area contributed by atoms with Crippen LogP contribution in [0.4, 0.5) is 5.82 Å². The zero-order chi connectivity index (χ0) is 17.5. The zero-order valence-corrected chi connectivity index (χ0v) is 14.9. The average molecular weight is 346 g/mol. The second kappa shape index (κ2) is 6.12. The molecule has 26 heavy (non-hydrogen) atoms. The van der Waals surface area contributed by atoms with Gasteiger partial charge < -0.3 is 9.88 Å². The Morgan fingerprint density at radius 3 is 3.00 bits per heavy atom. The van der Waals surface area contributed by atoms with E-state index in [-0.39, 0.29) is 0 Å². The second-order valence-corrected chi connectivity index (χ2v) is 6.95. The van der Waals surface area contributed by atoms with Crippen LogP contribution < -0.4 is 4.90 Å². The summed E-state index contributed by atoms with van der Waals surface area (Å²) in [6.45, 7) is 3.15. The maximum atomic E-state index is 4.60. The van der Waals surface area contributed by atoms with Crippen molar-refractivity contribution < 1.29 is 0 Å². The highest BCUT2D eigenvalue weighted by atomic mass is 15.4. The number of H-pyrrole nitrogens is 1. The Labute approximate surface area is 151 Å². The molecule has 0 aliphatic carbocycles. The van der Waals surface area contributed by atoms with Gasteiger partial charge in [0.1, 0.15) is 12.1 Å². The molecule has 4 heterocycles. The molecule has 1 atom stereocenters. The predicted molar refractivity (Wildman–Crippen MR) is 102 cm³/mol. The minimum Gasteiger partial charge on any atom is -0.357 e. The first-order valence-electron chi connectivity index (χ1n) is 9.37. The molecule has 0 unspecified atom stereocenters. The van der Waals surface area contributed by atoms with Gasteiger partial charge >= 0.3 is 0 Å². The lowest BCUT2D eigenvalue weighted by Crippen LogP contribution is -2.35. The molecule has 1 aliphatic heterocycles. The Kier molecular flexibility index (Phi) is 3.62. The summed E-state index contributed by atoms with van der Waals surface area (Å²) in [7, 11) is 0. The molecule has 1 aliphatic rings. The molecule has 1 fully saturated rings. The number of piperidine rings is 1. The van der Waals surface area contributed by atoms with Gasteiger partial charge in [-0.3, -0.25) is 0 Å². The second-order valence-electron chi connectivity index (χ2n) is 6.95. The van der Waals surface area contributed by atoms with Crippen molar-refractivity contribution in [3.8, 4) is 0 Å². The number of hydrogen-bond acceptors (Lipinski definition) is 4. The molecular weight excluding hydrogens is 324 g/mol. The van der Waals surface area contributed by atoms with Gasteiger partial charge in [0.05, 0.1) is 6.04 Å². The van der Waals surface area contributed by atoms with Crippen LogP contribution in [0.3, 0.4) is 0 Å². The topological polar surface area (TPSA) is 62.1 Å². The molecule has 5 rings (SSSR count). The number of nitrogens with one attached hydrogen (secondary N) is 1. The number of anilines is 1. The standard InChI is InChI=1S/C20H22N6/c1-2-15-12-19(26-20(23-15)21-13-22-26)25-10-6-5-9-18(25)17-11-14-7-3-4-8-16(14)24-17/h3-4,7-8,11-13,18,24H,2,5-6,9-10H2,1H3/t18-/m0/s1. The molecule has 3 aromatic heterocycles. The first-order chi connectivity index (χ1) is 12.8. The summed E-state index contributed by atoms with van der Waals surface area (Å²) in [5.74, 6) is 1.77. The van der Waals surface area contributed by atoms with Crippen LogP contribution in [-0.2, 0) is 6.42 Å². The van der Waals surface area contributed by atoms with Crippen molar-refractivity contribution in [2.45, 2.75) is 38.6 Å². The number of aromatic nitrogens is 5. The van der Waals surface area contributed by atoms with Crippen LogP contribution in [-0.4, -0.2) is 31.1 Å². The highest BCUT2D eigenvalue weighted by molar-refractivity contribution is 5.80. The maximum Gasteiger partial charge on any atom is 0.254 e. The van der Waals surface area contributed by atoms with Crippen LogP contribution >= 0.6 is 0 Å². The lowest BCUT2D eigenvalue weighted by atomic mass is 9.99. The van der Waals surface area contributed by atoms with E-state index < -0.39 is 0 Å². The lowest BCUT2D eigenvalue weighted by molar-refractivity contribution is 0.460. The van der Waals surface area contributed by atoms with Crippen molar-refractivity contribution in [1.29, 1.82) is 0 Å². The predicted octanol–water partition coefficient (Wildman–Crippen LogP) is 3.90. The van der Waals surface area contributed by atoms with E-state index in [1.165, 1.54) is 29.4 Å². The molecule has 0 radical (unpaired) electrons. The largest absolute Gasteiger partial charge is 0.357 e. The molecular formula is C20H22N6. The van der Waals surface area contributed by atoms with Crippen LogP contribution in [0.15, 0.2) is 42.7 Å². The summed E-state index contributed by atoms with van der Waals surface area (Å²) in [5.41, 5.74) is 3.53. The number of hydrogen-bond donors (Lipinski definition) is 1. The number of nitrogens with zero attached hydrogens (tertiary/aromatic N) is 5. The summed E-state index contributed by atoms with van der Waals surface area (Å²) in [6.07, 6.45) is 6.04. The number of aryl methyl sites for hydroxylation is 1. The number of rotatable bonds is 3. The Hall–Kier alpha value is -2.89. The van der Waals surface area contributed by atoms with Gasteiger partial charge in [-0.2, -0.15) is 14.6 Å². The number of benzene rings is 1. The third kappa shape index (κ3) is 2.44. The first kappa shape index (κ1) is 15.4. The van der Waals surface area contributed by atoms with E-state index in [0.29, 0.717) is 11.8 Å². The number of fused-ring (bicyclic) bond motifs is 2. The minimum atomic E-state index is 0.315. The van der Waals surface area contributed by atoms with Gasteiger partial charge in [0.25, 0.3) is 5.78 Å². The molecule has 0 bridgehead atoms. The van der Waals surface area contributed by atoms with E-state index in [0.717, 1.165) is 30.9 Å². The fourth-order valence-electron chi connectivity index (χ4n) is 4.03. The van der Waals surface area contributed by atoms with Crippen molar-refractivity contribution >= 4 is 22.5 Å². The van der Waals surface area contributed by atoms with Crippen molar-refractivity contribution in [2.75, 3.05) is 11.4 Å². The Morgan fingerprint density at radius 2 is 2.12 bits per heavy atom. The molecule has 0 saturated carbocycles. The van der Waals surface area contributed by atoms with Crippen molar-refractivity contribution in [3.05, 3.63) is 54.1 Å². The minimum absolute atomic E-state index is 0.315. The van der Waals surface area contributed by atoms with Crippen LogP contribution in [0.2, 0.25) is 0 Å². The third-order valence-electron chi connectivity index (χ3n) is 5.36. The van der Waals surface area contributed by atoms with Crippen LogP contribution in [0, 0.1) is 0 Å². The molecule has 132 valence electrons. The van der Waals surface area contributed by atoms with Gasteiger partial charge in [-0.05, 0) is 43.2 Å². The summed E-state index contributed by atoms with van der Waals surface area (Å²) in [5, 5.41) is 5.70. The van der Waals surface area contributed by atoms with Gasteiger partial charge in [0.15, 0.2) is 0 Å². The Balaban J connectivity index is 1.63. The molecule has 4 aromatic rings. The van der Waals surface area contributed by atoms with Crippen LogP contribution in [0.25, 0.3) is 16.7 Å². The number of para-hydroxylation sites is 1. The molecule has 6 heteroatoms. The van der Waals surface area contributed by atoms with Gasteiger partial charge in [0, 0.05) is 29.5 Å². The summed E-state index contributed by atoms with van der Waals surface area (Å²) in [6, 6.07) is 13.3. The first-order valence-corrected chi connectivity index (χ1v) is 9.37. The van der Waals surface area contributed by atoms with Crippen LogP contribution in [0.5, 0.6) is 0 Å². The normalized spacial score (nSPS) is 18.0. The fourth-order valence-corrected chi connectivity index (χ4v) is 4.03. The Morgan fingerprint density at radius 1 is 1.19 bits per heavy atom. The van der Waals surface area contributed by atoms with E-state index in [2.05, 4.69) is 68.3 Å². The number of aromatic amines is 1. The average Bonchev–Trinajstić information content (AvgIpc) is 3.33. The Bertz CT molecular complexity index is 1030. The fraction of sp³-hybridized carbons (Fsp3) is 0.350. The van der Waals surface area contributed by atoms with E-state index in [4.69, 9.17) is 0 Å². The van der Waals surface area contributed by atoms with E-state index in [9.17, 15) is 0 Å². The summed E-state index contributed by atoms with van der Waals surface area (Å²) < 4.78 is 1.88. The van der Waals surface area contributed by atoms with Gasteiger partial charge in [-0.1, -0.05) is 25.1 Å². The maximum absolute atomic E-state index is 4.60. The van der Waals surface area contributed by atoms with Crippen molar-refractivity contribution in [2.24, 2.45) is 0 Å². The van der Waals surface area contributed by atoms with E-state index in [1.54, 1.807) is 6.33 Å². The van der Waals surface area contributed by atoms with E-state index >= 15 is 0 Å². The monoisotopic (exact) mass is 346 g/mol. The molecule has 1 aromatic carbocycles. The molecule has 6 nitrogen and oxygen atoms in total. The SMILES string of the molecule is CCc1cc(N2CCCC[C@H]2c2cc3ccccc3[nH]2)n2ncnc2n1. The zero-order valence-electron chi connectivity index (χ0n) is 14.9. The smallest absolute Gasteiger partial charge is 0.254 e. The van der Waals surface area contributed by atoms with Gasteiger partial charge in [-0.25, -0.2) is 4.98 Å². The summed E-state index contributed by atoms with van der Waals surface area (Å²) in [4.78, 5) is 15.0. The van der Waals surface area contributed by atoms with E-state index in [1.807, 2.05) is 4.52 Å². The third-order valence-corrected chi connectivity index (χ3v) is 5.36. The van der Waals surface area contributed by atoms with Gasteiger partial charge in [-0.15, -0.1) is 0 Å². The molecule has 0 spiro atoms. The molecule has 1 saturated heterocycles. The quantitative estimate of drug-likeness (QED) is 0.611. The van der Waals surface area contributed by atoms with Crippen molar-refractivity contribution in [1.82, 2.24) is 24.6 Å². The lowest BCUT2D eigenvalue weighted by Gasteiger charge is -2.37. The van der Waals surface area contributed by atoms with Gasteiger partial charge in [0.2, 0.25) is 0 Å². The highest BCUT2D eigenvalue weighted by Crippen LogP contribution is 2.36. The highest BCUT2D eigenvalue weighted by Gasteiger charge is 2.28. The summed E-state index contributed by atoms with van der Waals surface area (Å²) >= 11 is 0.